The topological polar surface area (TPSA) is 24.1 Å². The van der Waals surface area contributed by atoms with Crippen LogP contribution in [0.5, 0.6) is 0 Å². The van der Waals surface area contributed by atoms with Crippen molar-refractivity contribution < 1.29 is 0 Å². The van der Waals surface area contributed by atoms with Crippen molar-refractivity contribution in [2.24, 2.45) is 16.7 Å². The van der Waals surface area contributed by atoms with Crippen LogP contribution in [-0.4, -0.2) is 26.2 Å². The quantitative estimate of drug-likeness (QED) is 0.668. The molecule has 1 aliphatic heterocycles. The first-order chi connectivity index (χ1) is 7.79. The predicted molar refractivity (Wildman–Crippen MR) is 76.3 cm³/mol. The molecule has 0 atom stereocenters. The van der Waals surface area contributed by atoms with Gasteiger partial charge in [-0.05, 0) is 62.2 Å². The van der Waals surface area contributed by atoms with E-state index < -0.39 is 0 Å². The van der Waals surface area contributed by atoms with E-state index in [1.165, 1.54) is 38.9 Å². The summed E-state index contributed by atoms with van der Waals surface area (Å²) in [6, 6.07) is 0. The van der Waals surface area contributed by atoms with Gasteiger partial charge in [-0.2, -0.15) is 0 Å². The molecule has 17 heavy (non-hydrogen) atoms. The van der Waals surface area contributed by atoms with Gasteiger partial charge in [0.1, 0.15) is 0 Å². The molecule has 102 valence electrons. The zero-order valence-electron chi connectivity index (χ0n) is 12.5. The molecule has 2 nitrogen and oxygen atoms in total. The average Bonchev–Trinajstić information content (AvgIpc) is 2.09. The molecule has 2 N–H and O–H groups in total. The van der Waals surface area contributed by atoms with Gasteiger partial charge in [-0.15, -0.1) is 0 Å². The zero-order valence-corrected chi connectivity index (χ0v) is 12.5. The Balaban J connectivity index is 2.04. The summed E-state index contributed by atoms with van der Waals surface area (Å²) in [4.78, 5) is 0. The van der Waals surface area contributed by atoms with Crippen LogP contribution in [0.25, 0.3) is 0 Å². The molecule has 0 amide bonds. The molecule has 1 aliphatic rings. The normalized spacial score (nSPS) is 18.2. The van der Waals surface area contributed by atoms with Crippen LogP contribution in [0.4, 0.5) is 0 Å². The van der Waals surface area contributed by atoms with Crippen LogP contribution in [0.1, 0.15) is 53.9 Å². The molecule has 1 fully saturated rings. The predicted octanol–water partition coefficient (Wildman–Crippen LogP) is 3.04. The second-order valence-electron chi connectivity index (χ2n) is 7.70. The highest BCUT2D eigenvalue weighted by molar-refractivity contribution is 4.82. The maximum Gasteiger partial charge on any atom is -0.000805 e. The largest absolute Gasteiger partial charge is 0.317 e. The standard InChI is InChI=1S/C15H32N2/c1-14(2,3)6-8-16-9-7-15(4,5)10-13-11-17-12-13/h13,16-17H,6-12H2,1-5H3. The summed E-state index contributed by atoms with van der Waals surface area (Å²) in [5.41, 5.74) is 0.960. The Labute approximate surface area is 108 Å². The lowest BCUT2D eigenvalue weighted by atomic mass is 9.78. The fourth-order valence-corrected chi connectivity index (χ4v) is 2.39. The molecule has 2 heteroatoms. The Kier molecular flexibility index (Phi) is 5.46. The van der Waals surface area contributed by atoms with Crippen molar-refractivity contribution in [3.05, 3.63) is 0 Å². The van der Waals surface area contributed by atoms with Gasteiger partial charge in [0, 0.05) is 0 Å². The van der Waals surface area contributed by atoms with E-state index in [1.807, 2.05) is 0 Å². The molecule has 0 spiro atoms. The Morgan fingerprint density at radius 1 is 1.00 bits per heavy atom. The first kappa shape index (κ1) is 15.0. The first-order valence-corrected chi connectivity index (χ1v) is 7.20. The van der Waals surface area contributed by atoms with Gasteiger partial charge in [0.15, 0.2) is 0 Å². The second kappa shape index (κ2) is 6.19. The highest BCUT2D eigenvalue weighted by Crippen LogP contribution is 2.30. The lowest BCUT2D eigenvalue weighted by molar-refractivity contribution is 0.198. The third-order valence-electron chi connectivity index (χ3n) is 3.74. The summed E-state index contributed by atoms with van der Waals surface area (Å²) < 4.78 is 0. The molecule has 0 aliphatic carbocycles. The van der Waals surface area contributed by atoms with Gasteiger partial charge >= 0.3 is 0 Å². The molecular formula is C15H32N2. The van der Waals surface area contributed by atoms with E-state index in [0.717, 1.165) is 12.5 Å². The molecule has 0 aromatic rings. The Morgan fingerprint density at radius 3 is 2.06 bits per heavy atom. The summed E-state index contributed by atoms with van der Waals surface area (Å²) in [7, 11) is 0. The summed E-state index contributed by atoms with van der Waals surface area (Å²) in [6.07, 6.45) is 3.94. The van der Waals surface area contributed by atoms with Crippen LogP contribution in [0, 0.1) is 16.7 Å². The van der Waals surface area contributed by atoms with Gasteiger partial charge in [0.2, 0.25) is 0 Å². The van der Waals surface area contributed by atoms with Crippen LogP contribution in [0.2, 0.25) is 0 Å². The monoisotopic (exact) mass is 240 g/mol. The van der Waals surface area contributed by atoms with E-state index >= 15 is 0 Å². The van der Waals surface area contributed by atoms with Crippen molar-refractivity contribution in [2.45, 2.75) is 53.9 Å². The van der Waals surface area contributed by atoms with E-state index in [0.29, 0.717) is 10.8 Å². The number of nitrogens with one attached hydrogen (secondary N) is 2. The van der Waals surface area contributed by atoms with Crippen molar-refractivity contribution >= 4 is 0 Å². The Bertz CT molecular complexity index is 211. The maximum absolute atomic E-state index is 3.59. The van der Waals surface area contributed by atoms with E-state index in [-0.39, 0.29) is 0 Å². The van der Waals surface area contributed by atoms with E-state index in [9.17, 15) is 0 Å². The van der Waals surface area contributed by atoms with Gasteiger partial charge in [-0.25, -0.2) is 0 Å². The molecule has 0 bridgehead atoms. The third-order valence-corrected chi connectivity index (χ3v) is 3.74. The molecular weight excluding hydrogens is 208 g/mol. The van der Waals surface area contributed by atoms with Crippen molar-refractivity contribution in [1.29, 1.82) is 0 Å². The fourth-order valence-electron chi connectivity index (χ4n) is 2.39. The van der Waals surface area contributed by atoms with Crippen LogP contribution in [-0.2, 0) is 0 Å². The van der Waals surface area contributed by atoms with Crippen LogP contribution < -0.4 is 10.6 Å². The molecule has 0 aromatic heterocycles. The third kappa shape index (κ3) is 7.05. The van der Waals surface area contributed by atoms with E-state index in [2.05, 4.69) is 45.3 Å². The van der Waals surface area contributed by atoms with Crippen molar-refractivity contribution in [3.8, 4) is 0 Å². The Hall–Kier alpha value is -0.0800. The molecule has 1 rings (SSSR count). The second-order valence-corrected chi connectivity index (χ2v) is 7.70. The molecule has 0 radical (unpaired) electrons. The minimum atomic E-state index is 0.458. The van der Waals surface area contributed by atoms with Crippen LogP contribution >= 0.6 is 0 Å². The lowest BCUT2D eigenvalue weighted by Crippen LogP contribution is -2.44. The van der Waals surface area contributed by atoms with E-state index in [4.69, 9.17) is 0 Å². The molecule has 0 unspecified atom stereocenters. The number of hydrogen-bond acceptors (Lipinski definition) is 2. The average molecular weight is 240 g/mol. The molecule has 1 heterocycles. The highest BCUT2D eigenvalue weighted by Gasteiger charge is 2.26. The van der Waals surface area contributed by atoms with E-state index in [1.54, 1.807) is 0 Å². The smallest absolute Gasteiger partial charge is 0.000805 e. The highest BCUT2D eigenvalue weighted by atomic mass is 14.9. The van der Waals surface area contributed by atoms with Crippen molar-refractivity contribution in [2.75, 3.05) is 26.2 Å². The zero-order chi connectivity index (χ0) is 12.9. The van der Waals surface area contributed by atoms with Gasteiger partial charge in [-0.1, -0.05) is 34.6 Å². The summed E-state index contributed by atoms with van der Waals surface area (Å²) >= 11 is 0. The van der Waals surface area contributed by atoms with Crippen LogP contribution in [0.3, 0.4) is 0 Å². The van der Waals surface area contributed by atoms with Gasteiger partial charge in [0.05, 0.1) is 0 Å². The first-order valence-electron chi connectivity index (χ1n) is 7.20. The minimum Gasteiger partial charge on any atom is -0.317 e. The van der Waals surface area contributed by atoms with Crippen molar-refractivity contribution in [1.82, 2.24) is 10.6 Å². The SMILES string of the molecule is CC(C)(C)CCNCCC(C)(C)CC1CNC1. The van der Waals surface area contributed by atoms with Crippen molar-refractivity contribution in [3.63, 3.8) is 0 Å². The molecule has 1 saturated heterocycles. The summed E-state index contributed by atoms with van der Waals surface area (Å²) in [5.74, 6) is 0.930. The summed E-state index contributed by atoms with van der Waals surface area (Å²) in [5, 5.41) is 6.95. The summed E-state index contributed by atoms with van der Waals surface area (Å²) in [6.45, 7) is 16.6. The fraction of sp³-hybridized carbons (Fsp3) is 1.00. The van der Waals surface area contributed by atoms with Gasteiger partial charge in [0.25, 0.3) is 0 Å². The van der Waals surface area contributed by atoms with Crippen LogP contribution in [0.15, 0.2) is 0 Å². The number of rotatable bonds is 7. The number of hydrogen-bond donors (Lipinski definition) is 2. The maximum atomic E-state index is 3.59. The van der Waals surface area contributed by atoms with Gasteiger partial charge in [-0.3, -0.25) is 0 Å². The lowest BCUT2D eigenvalue weighted by Gasteiger charge is -2.35. The minimum absolute atomic E-state index is 0.458. The van der Waals surface area contributed by atoms with Gasteiger partial charge < -0.3 is 10.6 Å². The Morgan fingerprint density at radius 2 is 1.59 bits per heavy atom. The molecule has 0 saturated carbocycles. The molecule has 0 aromatic carbocycles.